The molecule has 4 rings (SSSR count). The normalized spacial score (nSPS) is 41.1. The summed E-state index contributed by atoms with van der Waals surface area (Å²) in [7, 11) is 4.52. The van der Waals surface area contributed by atoms with Crippen molar-refractivity contribution in [2.45, 2.75) is 186 Å². The Kier molecular flexibility index (Phi) is 20.7. The van der Waals surface area contributed by atoms with E-state index in [1.807, 2.05) is 58.1 Å². The standard InChI is InChI=1S/C52H81NO13/c1-31-17-13-12-14-18-32(2)42(62-9)29-39-21-19-37(7)52(61,66-39)48(58)49(59)53-24-16-15-23-51(53,8)50(60)65-43(34(4)27-38-20-22-40(54)44(28-38)63-10)30-41(55)33(3)26-36(6)46(57)47(64-11)45(56)35(5)25-31/h12-14,17-18,26,31,33-35,37-40,42-44,46-47,54,57,61H,15-16,19-25,27-30H2,1-11H3/b14-12-,17-13+,32-18+,36-26+/t31-,33-,34-,35-,37-,38+,39+,40-,42+,43+,44-,46-,47+,51+,52-/m1/s1. The fourth-order valence-corrected chi connectivity index (χ4v) is 10.4. The van der Waals surface area contributed by atoms with Crippen LogP contribution >= 0.6 is 0 Å². The molecule has 1 amide bonds. The summed E-state index contributed by atoms with van der Waals surface area (Å²) < 4.78 is 29.5. The van der Waals surface area contributed by atoms with Gasteiger partial charge in [-0.05, 0) is 114 Å². The van der Waals surface area contributed by atoms with E-state index in [4.69, 9.17) is 23.7 Å². The molecule has 0 spiro atoms. The third-order valence-corrected chi connectivity index (χ3v) is 15.0. The van der Waals surface area contributed by atoms with Crippen molar-refractivity contribution < 1.29 is 63.0 Å². The van der Waals surface area contributed by atoms with Crippen LogP contribution in [0, 0.1) is 35.5 Å². The lowest BCUT2D eigenvalue weighted by Gasteiger charge is -2.46. The number of rotatable bonds is 6. The fourth-order valence-electron chi connectivity index (χ4n) is 10.4. The molecule has 3 aliphatic heterocycles. The van der Waals surface area contributed by atoms with Crippen LogP contribution in [0.15, 0.2) is 47.6 Å². The highest BCUT2D eigenvalue weighted by Gasteiger charge is 2.55. The van der Waals surface area contributed by atoms with Crippen molar-refractivity contribution in [1.29, 1.82) is 0 Å². The molecule has 14 heteroatoms. The van der Waals surface area contributed by atoms with Crippen molar-refractivity contribution in [2.24, 2.45) is 35.5 Å². The molecule has 372 valence electrons. The van der Waals surface area contributed by atoms with Crippen molar-refractivity contribution in [1.82, 2.24) is 4.90 Å². The molecule has 3 heterocycles. The zero-order valence-electron chi connectivity index (χ0n) is 41.5. The summed E-state index contributed by atoms with van der Waals surface area (Å²) >= 11 is 0. The number of esters is 1. The molecular weight excluding hydrogens is 847 g/mol. The van der Waals surface area contributed by atoms with Crippen molar-refractivity contribution in [3.8, 4) is 0 Å². The van der Waals surface area contributed by atoms with Gasteiger partial charge in [-0.2, -0.15) is 0 Å². The van der Waals surface area contributed by atoms with Gasteiger partial charge in [0.1, 0.15) is 29.6 Å². The third kappa shape index (κ3) is 13.7. The maximum Gasteiger partial charge on any atom is 0.332 e. The number of carbonyl (C=O) groups excluding carboxylic acids is 5. The van der Waals surface area contributed by atoms with Crippen LogP contribution in [0.3, 0.4) is 0 Å². The molecule has 3 N–H and O–H groups in total. The quantitative estimate of drug-likeness (QED) is 0.147. The Morgan fingerprint density at radius 1 is 0.864 bits per heavy atom. The summed E-state index contributed by atoms with van der Waals surface area (Å²) in [5, 5.41) is 34.0. The molecule has 1 aliphatic carbocycles. The number of hydrogen-bond acceptors (Lipinski definition) is 13. The van der Waals surface area contributed by atoms with Gasteiger partial charge in [-0.1, -0.05) is 71.1 Å². The number of ether oxygens (including phenoxy) is 5. The van der Waals surface area contributed by atoms with E-state index in [-0.39, 0.29) is 54.8 Å². The number of aliphatic hydroxyl groups is 3. The zero-order chi connectivity index (χ0) is 49.1. The van der Waals surface area contributed by atoms with Crippen LogP contribution in [0.5, 0.6) is 0 Å². The maximum atomic E-state index is 14.7. The molecule has 2 saturated heterocycles. The number of nitrogens with zero attached hydrogens (tertiary/aromatic N) is 1. The highest BCUT2D eigenvalue weighted by molar-refractivity contribution is 6.39. The number of allylic oxidation sites excluding steroid dienone is 6. The van der Waals surface area contributed by atoms with Crippen molar-refractivity contribution >= 4 is 29.2 Å². The molecule has 14 nitrogen and oxygen atoms in total. The van der Waals surface area contributed by atoms with E-state index in [0.29, 0.717) is 63.4 Å². The minimum absolute atomic E-state index is 0.0171. The van der Waals surface area contributed by atoms with Gasteiger partial charge in [0, 0.05) is 58.5 Å². The lowest BCUT2D eigenvalue weighted by Crippen LogP contribution is -2.64. The average Bonchev–Trinajstić information content (AvgIpc) is 3.28. The van der Waals surface area contributed by atoms with Crippen LogP contribution in [0.2, 0.25) is 0 Å². The lowest BCUT2D eigenvalue weighted by atomic mass is 9.78. The number of fused-ring (bicyclic) bond motifs is 3. The topological polar surface area (TPSA) is 195 Å². The van der Waals surface area contributed by atoms with Crippen LogP contribution in [0.25, 0.3) is 0 Å². The van der Waals surface area contributed by atoms with Crippen molar-refractivity contribution in [3.05, 3.63) is 47.6 Å². The first-order valence-corrected chi connectivity index (χ1v) is 24.3. The van der Waals surface area contributed by atoms with Crippen LogP contribution in [-0.4, -0.2) is 131 Å². The second-order valence-electron chi connectivity index (χ2n) is 20.2. The van der Waals surface area contributed by atoms with E-state index in [9.17, 15) is 39.3 Å². The maximum absolute atomic E-state index is 14.7. The van der Waals surface area contributed by atoms with E-state index in [1.165, 1.54) is 12.0 Å². The molecule has 1 saturated carbocycles. The first-order valence-electron chi connectivity index (χ1n) is 24.3. The molecule has 15 atom stereocenters. The van der Waals surface area contributed by atoms with Gasteiger partial charge in [0.15, 0.2) is 5.78 Å². The Morgan fingerprint density at radius 2 is 1.58 bits per heavy atom. The lowest BCUT2D eigenvalue weighted by molar-refractivity contribution is -0.266. The summed E-state index contributed by atoms with van der Waals surface area (Å²) in [6.45, 7) is 14.3. The van der Waals surface area contributed by atoms with E-state index in [1.54, 1.807) is 48.0 Å². The zero-order valence-corrected chi connectivity index (χ0v) is 41.5. The predicted molar refractivity (Wildman–Crippen MR) is 250 cm³/mol. The predicted octanol–water partition coefficient (Wildman–Crippen LogP) is 6.57. The summed E-state index contributed by atoms with van der Waals surface area (Å²) in [6, 6.07) is 0. The first-order chi connectivity index (χ1) is 31.1. The smallest absolute Gasteiger partial charge is 0.332 e. The Labute approximate surface area is 393 Å². The van der Waals surface area contributed by atoms with Gasteiger partial charge in [-0.25, -0.2) is 4.79 Å². The molecule has 0 aromatic heterocycles. The van der Waals surface area contributed by atoms with Gasteiger partial charge in [0.05, 0.1) is 24.4 Å². The number of methoxy groups -OCH3 is 3. The molecule has 4 aliphatic rings. The Hall–Kier alpha value is -3.37. The summed E-state index contributed by atoms with van der Waals surface area (Å²) in [5.74, 6) is -8.07. The SMILES string of the molecule is CO[C@H]1C[C@@H]2CC[C@@H](C)[C@@](O)(O2)C(=O)C(=O)N2CCCC[C@@]2(C)C(=O)O[C@H]([C@H](C)C[C@@H]2CC[C@@H](O)[C@H](OC)C2)CC(=O)[C@H](C)/C=C(\C)[C@@H](O)[C@@H](OC)C(=O)[C@H](C)C[C@H](C)/C=C/C=C\C=C\1C. The molecule has 66 heavy (non-hydrogen) atoms. The average molecular weight is 928 g/mol. The molecule has 0 aromatic rings. The van der Waals surface area contributed by atoms with E-state index < -0.39 is 83.4 Å². The van der Waals surface area contributed by atoms with E-state index in [0.717, 1.165) is 12.0 Å². The highest BCUT2D eigenvalue weighted by Crippen LogP contribution is 2.39. The number of Topliss-reactive ketones (excluding diaryl/α,β-unsaturated/α-hetero) is 3. The molecule has 0 aromatic carbocycles. The third-order valence-electron chi connectivity index (χ3n) is 15.0. The number of amides is 1. The summed E-state index contributed by atoms with van der Waals surface area (Å²) in [5.41, 5.74) is -0.343. The Bertz CT molecular complexity index is 1810. The number of cyclic esters (lactones) is 1. The molecule has 3 fully saturated rings. The van der Waals surface area contributed by atoms with Crippen molar-refractivity contribution in [2.75, 3.05) is 27.9 Å². The second kappa shape index (κ2) is 24.8. The molecular formula is C52H81NO13. The van der Waals surface area contributed by atoms with Crippen LogP contribution < -0.4 is 0 Å². The number of piperidine rings is 1. The van der Waals surface area contributed by atoms with E-state index in [2.05, 4.69) is 0 Å². The monoisotopic (exact) mass is 928 g/mol. The van der Waals surface area contributed by atoms with Gasteiger partial charge in [0.2, 0.25) is 5.79 Å². The van der Waals surface area contributed by atoms with Crippen LogP contribution in [0.1, 0.15) is 132 Å². The largest absolute Gasteiger partial charge is 0.460 e. The number of ketones is 3. The van der Waals surface area contributed by atoms with Gasteiger partial charge < -0.3 is 43.9 Å². The Balaban J connectivity index is 1.73. The second-order valence-corrected chi connectivity index (χ2v) is 20.2. The highest BCUT2D eigenvalue weighted by atomic mass is 16.6. The molecule has 0 unspecified atom stereocenters. The summed E-state index contributed by atoms with van der Waals surface area (Å²) in [6.07, 6.45) is 11.0. The minimum Gasteiger partial charge on any atom is -0.460 e. The fraction of sp³-hybridized carbons (Fsp3) is 0.750. The van der Waals surface area contributed by atoms with Gasteiger partial charge in [-0.15, -0.1) is 0 Å². The van der Waals surface area contributed by atoms with E-state index >= 15 is 0 Å². The molecule has 0 radical (unpaired) electrons. The van der Waals surface area contributed by atoms with Gasteiger partial charge in [-0.3, -0.25) is 19.2 Å². The van der Waals surface area contributed by atoms with Crippen molar-refractivity contribution in [3.63, 3.8) is 0 Å². The van der Waals surface area contributed by atoms with Crippen LogP contribution in [0.4, 0.5) is 0 Å². The van der Waals surface area contributed by atoms with Gasteiger partial charge in [0.25, 0.3) is 11.7 Å². The van der Waals surface area contributed by atoms with Crippen LogP contribution in [-0.2, 0) is 47.7 Å². The van der Waals surface area contributed by atoms with Gasteiger partial charge >= 0.3 is 5.97 Å². The number of carbonyl (C=O) groups is 5. The first kappa shape index (κ1) is 55.2. The number of aliphatic hydroxyl groups excluding tert-OH is 2. The summed E-state index contributed by atoms with van der Waals surface area (Å²) in [4.78, 5) is 72.6. The number of hydrogen-bond donors (Lipinski definition) is 3. The minimum atomic E-state index is -2.45. The Morgan fingerprint density at radius 3 is 2.24 bits per heavy atom. The molecule has 2 bridgehead atoms.